The number of benzene rings is 2. The third-order valence-corrected chi connectivity index (χ3v) is 6.49. The molecule has 5 rings (SSSR count). The molecule has 2 amide bonds. The molecule has 2 N–H and O–H groups in total. The van der Waals surface area contributed by atoms with Crippen molar-refractivity contribution in [2.45, 2.75) is 44.8 Å². The number of anilines is 1. The average Bonchev–Trinajstić information content (AvgIpc) is 3.32. The van der Waals surface area contributed by atoms with Gasteiger partial charge in [0.05, 0.1) is 11.2 Å². The summed E-state index contributed by atoms with van der Waals surface area (Å²) in [7, 11) is 0. The zero-order valence-electron chi connectivity index (χ0n) is 19.3. The number of nitrogens with zero attached hydrogens (tertiary/aromatic N) is 3. The number of likely N-dealkylation sites (tertiary alicyclic amines) is 1. The SMILES string of the molecule is CC(=O)c1nn(CC(=O)N2C(C(=O)Nc3cccc(OC(F)(F)F)c3F)CC3CC32)c2ccc(O)cc12. The monoisotopic (exact) mass is 520 g/mol. The zero-order valence-corrected chi connectivity index (χ0v) is 19.3. The molecule has 1 saturated carbocycles. The first-order chi connectivity index (χ1) is 17.4. The average molecular weight is 520 g/mol. The van der Waals surface area contributed by atoms with Gasteiger partial charge < -0.3 is 20.1 Å². The lowest BCUT2D eigenvalue weighted by atomic mass is 10.1. The van der Waals surface area contributed by atoms with E-state index in [1.165, 1.54) is 34.7 Å². The highest BCUT2D eigenvalue weighted by atomic mass is 19.4. The Morgan fingerprint density at radius 3 is 2.65 bits per heavy atom. The number of ketones is 1. The Kier molecular flexibility index (Phi) is 5.80. The summed E-state index contributed by atoms with van der Waals surface area (Å²) in [5.41, 5.74) is 0.00583. The molecule has 37 heavy (non-hydrogen) atoms. The van der Waals surface area contributed by atoms with Crippen LogP contribution in [0.4, 0.5) is 23.2 Å². The maximum absolute atomic E-state index is 14.5. The maximum Gasteiger partial charge on any atom is 0.573 e. The van der Waals surface area contributed by atoms with Gasteiger partial charge in [-0.2, -0.15) is 5.10 Å². The van der Waals surface area contributed by atoms with Gasteiger partial charge in [-0.1, -0.05) is 6.07 Å². The Morgan fingerprint density at radius 1 is 1.19 bits per heavy atom. The van der Waals surface area contributed by atoms with Crippen molar-refractivity contribution >= 4 is 34.2 Å². The molecule has 2 aromatic carbocycles. The van der Waals surface area contributed by atoms with Crippen molar-refractivity contribution in [2.24, 2.45) is 5.92 Å². The van der Waals surface area contributed by atoms with E-state index in [2.05, 4.69) is 15.2 Å². The van der Waals surface area contributed by atoms with Crippen LogP contribution in [0.3, 0.4) is 0 Å². The smallest absolute Gasteiger partial charge is 0.508 e. The molecule has 9 nitrogen and oxygen atoms in total. The molecule has 1 saturated heterocycles. The molecular weight excluding hydrogens is 500 g/mol. The fourth-order valence-electron chi connectivity index (χ4n) is 4.83. The van der Waals surface area contributed by atoms with Crippen LogP contribution in [0.15, 0.2) is 36.4 Å². The van der Waals surface area contributed by atoms with Crippen molar-refractivity contribution in [3.8, 4) is 11.5 Å². The van der Waals surface area contributed by atoms with E-state index < -0.39 is 41.5 Å². The number of phenolic OH excluding ortho intramolecular Hbond substituents is 1. The summed E-state index contributed by atoms with van der Waals surface area (Å²) in [5.74, 6) is -4.06. The standard InChI is InChI=1S/C24H20F4N4O5/c1-11(33)22-14-9-13(34)5-6-16(14)31(30-22)10-20(35)32-17-7-12(17)8-18(32)23(36)29-15-3-2-4-19(21(15)25)37-24(26,27)28/h2-6,9,12,17-18,34H,7-8,10H2,1H3,(H,29,36). The fraction of sp³-hybridized carbons (Fsp3) is 0.333. The van der Waals surface area contributed by atoms with Crippen molar-refractivity contribution in [2.75, 3.05) is 5.32 Å². The van der Waals surface area contributed by atoms with Gasteiger partial charge in [0.1, 0.15) is 24.0 Å². The zero-order chi connectivity index (χ0) is 26.6. The van der Waals surface area contributed by atoms with Crippen LogP contribution in [-0.4, -0.2) is 55.8 Å². The number of carbonyl (C=O) groups is 3. The van der Waals surface area contributed by atoms with Gasteiger partial charge in [0.25, 0.3) is 0 Å². The molecule has 1 aliphatic heterocycles. The molecule has 2 aliphatic rings. The lowest BCUT2D eigenvalue weighted by Gasteiger charge is -2.27. The molecule has 194 valence electrons. The topological polar surface area (TPSA) is 114 Å². The Labute approximate surface area is 206 Å². The number of rotatable bonds is 6. The molecule has 1 aromatic heterocycles. The number of carbonyl (C=O) groups excluding carboxylic acids is 3. The summed E-state index contributed by atoms with van der Waals surface area (Å²) < 4.78 is 57.1. The van der Waals surface area contributed by atoms with Crippen LogP contribution < -0.4 is 10.1 Å². The summed E-state index contributed by atoms with van der Waals surface area (Å²) in [4.78, 5) is 39.7. The molecule has 1 aliphatic carbocycles. The van der Waals surface area contributed by atoms with Gasteiger partial charge in [0.2, 0.25) is 11.8 Å². The van der Waals surface area contributed by atoms with Gasteiger partial charge in [0.15, 0.2) is 17.3 Å². The minimum absolute atomic E-state index is 0.0727. The molecule has 0 radical (unpaired) electrons. The molecule has 3 aromatic rings. The number of hydrogen-bond donors (Lipinski definition) is 2. The number of alkyl halides is 3. The van der Waals surface area contributed by atoms with Crippen molar-refractivity contribution in [1.29, 1.82) is 0 Å². The van der Waals surface area contributed by atoms with Gasteiger partial charge in [-0.05, 0) is 49.1 Å². The third-order valence-electron chi connectivity index (χ3n) is 6.49. The number of piperidine rings is 1. The number of Topliss-reactive ketones (excluding diaryl/α,β-unsaturated/α-hetero) is 1. The number of phenols is 1. The van der Waals surface area contributed by atoms with Gasteiger partial charge in [-0.3, -0.25) is 19.1 Å². The van der Waals surface area contributed by atoms with Crippen molar-refractivity contribution in [3.05, 3.63) is 47.9 Å². The number of aromatic hydroxyl groups is 1. The van der Waals surface area contributed by atoms with Crippen LogP contribution in [0.1, 0.15) is 30.3 Å². The lowest BCUT2D eigenvalue weighted by Crippen LogP contribution is -2.46. The highest BCUT2D eigenvalue weighted by Gasteiger charge is 2.56. The van der Waals surface area contributed by atoms with E-state index in [1.54, 1.807) is 0 Å². The summed E-state index contributed by atoms with van der Waals surface area (Å²) in [6.07, 6.45) is -4.11. The molecule has 0 spiro atoms. The van der Waals surface area contributed by atoms with Gasteiger partial charge >= 0.3 is 6.36 Å². The van der Waals surface area contributed by atoms with Crippen LogP contribution in [0.25, 0.3) is 10.9 Å². The molecule has 13 heteroatoms. The van der Waals surface area contributed by atoms with E-state index in [-0.39, 0.29) is 35.7 Å². The largest absolute Gasteiger partial charge is 0.573 e. The number of amides is 2. The highest BCUT2D eigenvalue weighted by molar-refractivity contribution is 6.05. The van der Waals surface area contributed by atoms with Crippen LogP contribution in [0, 0.1) is 11.7 Å². The van der Waals surface area contributed by atoms with E-state index in [0.29, 0.717) is 23.7 Å². The second-order valence-corrected chi connectivity index (χ2v) is 9.03. The number of nitrogens with one attached hydrogen (secondary N) is 1. The fourth-order valence-corrected chi connectivity index (χ4v) is 4.83. The summed E-state index contributed by atoms with van der Waals surface area (Å²) in [6, 6.07) is 6.08. The molecular formula is C24H20F4N4O5. The number of halogens is 4. The van der Waals surface area contributed by atoms with Crippen molar-refractivity contribution < 1.29 is 41.8 Å². The Morgan fingerprint density at radius 2 is 1.95 bits per heavy atom. The van der Waals surface area contributed by atoms with Gasteiger partial charge in [-0.25, -0.2) is 4.39 Å². The van der Waals surface area contributed by atoms with E-state index >= 15 is 0 Å². The number of ether oxygens (including phenoxy) is 1. The lowest BCUT2D eigenvalue weighted by molar-refractivity contribution is -0.275. The second kappa shape index (κ2) is 8.75. The maximum atomic E-state index is 14.5. The minimum atomic E-state index is -5.11. The summed E-state index contributed by atoms with van der Waals surface area (Å²) >= 11 is 0. The van der Waals surface area contributed by atoms with Crippen LogP contribution >= 0.6 is 0 Å². The van der Waals surface area contributed by atoms with Crippen molar-refractivity contribution in [3.63, 3.8) is 0 Å². The predicted molar refractivity (Wildman–Crippen MR) is 120 cm³/mol. The van der Waals surface area contributed by atoms with Crippen LogP contribution in [0.5, 0.6) is 11.5 Å². The van der Waals surface area contributed by atoms with Crippen LogP contribution in [0.2, 0.25) is 0 Å². The molecule has 0 bridgehead atoms. The third kappa shape index (κ3) is 4.68. The number of hydrogen-bond acceptors (Lipinski definition) is 6. The predicted octanol–water partition coefficient (Wildman–Crippen LogP) is 3.61. The van der Waals surface area contributed by atoms with E-state index in [0.717, 1.165) is 18.2 Å². The Balaban J connectivity index is 1.36. The quantitative estimate of drug-likeness (QED) is 0.379. The highest BCUT2D eigenvalue weighted by Crippen LogP contribution is 2.48. The second-order valence-electron chi connectivity index (χ2n) is 9.03. The first kappa shape index (κ1) is 24.5. The molecule has 2 heterocycles. The van der Waals surface area contributed by atoms with Crippen molar-refractivity contribution in [1.82, 2.24) is 14.7 Å². The first-order valence-corrected chi connectivity index (χ1v) is 11.3. The van der Waals surface area contributed by atoms with Gasteiger partial charge in [-0.15, -0.1) is 13.2 Å². The Hall–Kier alpha value is -4.16. The molecule has 3 unspecified atom stereocenters. The van der Waals surface area contributed by atoms with Gasteiger partial charge in [0, 0.05) is 18.4 Å². The summed E-state index contributed by atoms with van der Waals surface area (Å²) in [6.45, 7) is 1.01. The van der Waals surface area contributed by atoms with E-state index in [9.17, 15) is 37.1 Å². The molecule has 3 atom stereocenters. The Bertz CT molecular complexity index is 1440. The molecule has 2 fully saturated rings. The normalized spacial score (nSPS) is 20.6. The van der Waals surface area contributed by atoms with E-state index in [1.807, 2.05) is 0 Å². The van der Waals surface area contributed by atoms with Crippen LogP contribution in [-0.2, 0) is 16.1 Å². The first-order valence-electron chi connectivity index (χ1n) is 11.3. The number of fused-ring (bicyclic) bond motifs is 2. The minimum Gasteiger partial charge on any atom is -0.508 e. The summed E-state index contributed by atoms with van der Waals surface area (Å²) in [5, 5.41) is 16.7. The number of aromatic nitrogens is 2. The van der Waals surface area contributed by atoms with E-state index in [4.69, 9.17) is 0 Å².